The van der Waals surface area contributed by atoms with Crippen LogP contribution < -0.4 is 10.6 Å². The highest BCUT2D eigenvalue weighted by Crippen LogP contribution is 2.34. The number of nitrogen functional groups attached to an aromatic ring is 1. The van der Waals surface area contributed by atoms with Crippen LogP contribution in [0.15, 0.2) is 36.5 Å². The fourth-order valence-electron chi connectivity index (χ4n) is 2.43. The van der Waals surface area contributed by atoms with Crippen molar-refractivity contribution in [2.45, 2.75) is 13.3 Å². The van der Waals surface area contributed by atoms with Crippen LogP contribution in [0, 0.1) is 6.92 Å². The Balaban J connectivity index is 2.07. The minimum atomic E-state index is 0.721. The zero-order valence-corrected chi connectivity index (χ0v) is 9.85. The molecule has 2 aromatic rings. The van der Waals surface area contributed by atoms with Crippen molar-refractivity contribution in [1.29, 1.82) is 0 Å². The number of aryl methyl sites for hydroxylation is 1. The third kappa shape index (κ3) is 1.64. The number of nitrogens with two attached hydrogens (primary N) is 1. The lowest BCUT2D eigenvalue weighted by Gasteiger charge is -2.20. The number of hydrogen-bond donors (Lipinski definition) is 1. The van der Waals surface area contributed by atoms with E-state index < -0.39 is 0 Å². The second-order valence-corrected chi connectivity index (χ2v) is 4.44. The standard InChI is InChI=1S/C14H15N3/c1-10-8-12(15)9-16-14(10)17-7-6-11-4-2-3-5-13(11)17/h2-5,8-9H,6-7,15H2,1H3. The molecule has 0 radical (unpaired) electrons. The van der Waals surface area contributed by atoms with E-state index >= 15 is 0 Å². The molecule has 0 fully saturated rings. The van der Waals surface area contributed by atoms with E-state index in [0.29, 0.717) is 0 Å². The van der Waals surface area contributed by atoms with Crippen LogP contribution in [0.4, 0.5) is 17.2 Å². The molecule has 0 saturated heterocycles. The number of pyridine rings is 1. The average molecular weight is 225 g/mol. The third-order valence-electron chi connectivity index (χ3n) is 3.21. The fourth-order valence-corrected chi connectivity index (χ4v) is 2.43. The number of aromatic nitrogens is 1. The van der Waals surface area contributed by atoms with Crippen LogP contribution in [0.3, 0.4) is 0 Å². The number of benzene rings is 1. The topological polar surface area (TPSA) is 42.1 Å². The van der Waals surface area contributed by atoms with Crippen LogP contribution in [0.25, 0.3) is 0 Å². The van der Waals surface area contributed by atoms with Crippen LogP contribution in [0.1, 0.15) is 11.1 Å². The molecule has 0 aliphatic carbocycles. The molecule has 1 aromatic carbocycles. The monoisotopic (exact) mass is 225 g/mol. The Hall–Kier alpha value is -2.03. The number of para-hydroxylation sites is 1. The highest BCUT2D eigenvalue weighted by Gasteiger charge is 2.21. The molecule has 86 valence electrons. The second kappa shape index (κ2) is 3.77. The van der Waals surface area contributed by atoms with E-state index in [2.05, 4.69) is 41.1 Å². The molecule has 2 heterocycles. The number of anilines is 3. The van der Waals surface area contributed by atoms with Crippen molar-refractivity contribution in [3.8, 4) is 0 Å². The van der Waals surface area contributed by atoms with Gasteiger partial charge >= 0.3 is 0 Å². The first-order chi connectivity index (χ1) is 8.25. The van der Waals surface area contributed by atoms with Gasteiger partial charge in [-0.05, 0) is 36.6 Å². The highest BCUT2D eigenvalue weighted by atomic mass is 15.2. The number of hydrogen-bond acceptors (Lipinski definition) is 3. The normalized spacial score (nSPS) is 13.8. The van der Waals surface area contributed by atoms with Crippen molar-refractivity contribution in [3.05, 3.63) is 47.7 Å². The summed E-state index contributed by atoms with van der Waals surface area (Å²) >= 11 is 0. The Morgan fingerprint density at radius 3 is 2.94 bits per heavy atom. The van der Waals surface area contributed by atoms with Gasteiger partial charge in [-0.1, -0.05) is 18.2 Å². The van der Waals surface area contributed by atoms with Crippen molar-refractivity contribution < 1.29 is 0 Å². The predicted octanol–water partition coefficient (Wildman–Crippen LogP) is 2.67. The lowest BCUT2D eigenvalue weighted by molar-refractivity contribution is 0.967. The molecule has 1 aliphatic heterocycles. The Labute approximate surface area is 101 Å². The van der Waals surface area contributed by atoms with Gasteiger partial charge in [0.2, 0.25) is 0 Å². The van der Waals surface area contributed by atoms with Gasteiger partial charge in [-0.2, -0.15) is 0 Å². The van der Waals surface area contributed by atoms with Crippen LogP contribution in [0.5, 0.6) is 0 Å². The second-order valence-electron chi connectivity index (χ2n) is 4.44. The fraction of sp³-hybridized carbons (Fsp3) is 0.214. The van der Waals surface area contributed by atoms with E-state index in [1.165, 1.54) is 11.3 Å². The average Bonchev–Trinajstić information content (AvgIpc) is 2.73. The Kier molecular flexibility index (Phi) is 2.25. The first-order valence-electron chi connectivity index (χ1n) is 5.83. The third-order valence-corrected chi connectivity index (χ3v) is 3.21. The van der Waals surface area contributed by atoms with Gasteiger partial charge in [-0.3, -0.25) is 0 Å². The molecule has 3 nitrogen and oxygen atoms in total. The van der Waals surface area contributed by atoms with E-state index in [-0.39, 0.29) is 0 Å². The molecule has 0 spiro atoms. The summed E-state index contributed by atoms with van der Waals surface area (Å²) in [6.45, 7) is 3.05. The highest BCUT2D eigenvalue weighted by molar-refractivity contribution is 5.70. The van der Waals surface area contributed by atoms with Crippen molar-refractivity contribution in [2.24, 2.45) is 0 Å². The summed E-state index contributed by atoms with van der Waals surface area (Å²) < 4.78 is 0. The van der Waals surface area contributed by atoms with Crippen LogP contribution in [0.2, 0.25) is 0 Å². The SMILES string of the molecule is Cc1cc(N)cnc1N1CCc2ccccc21. The maximum Gasteiger partial charge on any atom is 0.136 e. The molecule has 0 amide bonds. The van der Waals surface area contributed by atoms with Gasteiger partial charge < -0.3 is 10.6 Å². The first kappa shape index (κ1) is 10.1. The maximum absolute atomic E-state index is 5.74. The molecular formula is C14H15N3. The van der Waals surface area contributed by atoms with E-state index in [9.17, 15) is 0 Å². The van der Waals surface area contributed by atoms with Crippen molar-refractivity contribution in [3.63, 3.8) is 0 Å². The summed E-state index contributed by atoms with van der Waals surface area (Å²) in [7, 11) is 0. The summed E-state index contributed by atoms with van der Waals surface area (Å²) in [4.78, 5) is 6.73. The van der Waals surface area contributed by atoms with Crippen molar-refractivity contribution in [2.75, 3.05) is 17.2 Å². The molecular weight excluding hydrogens is 210 g/mol. The minimum Gasteiger partial charge on any atom is -0.397 e. The quantitative estimate of drug-likeness (QED) is 0.811. The van der Waals surface area contributed by atoms with Gasteiger partial charge in [0.25, 0.3) is 0 Å². The molecule has 2 N–H and O–H groups in total. The van der Waals surface area contributed by atoms with Gasteiger partial charge in [0.15, 0.2) is 0 Å². The summed E-state index contributed by atoms with van der Waals surface area (Å²) in [6, 6.07) is 10.5. The molecule has 3 rings (SSSR count). The minimum absolute atomic E-state index is 0.721. The summed E-state index contributed by atoms with van der Waals surface area (Å²) in [5.41, 5.74) is 10.3. The molecule has 17 heavy (non-hydrogen) atoms. The predicted molar refractivity (Wildman–Crippen MR) is 70.5 cm³/mol. The molecule has 0 atom stereocenters. The van der Waals surface area contributed by atoms with Crippen LogP contribution in [-0.4, -0.2) is 11.5 Å². The molecule has 0 saturated carbocycles. The van der Waals surface area contributed by atoms with Gasteiger partial charge in [0.05, 0.1) is 11.9 Å². The van der Waals surface area contributed by atoms with E-state index in [1.807, 2.05) is 6.07 Å². The Bertz CT molecular complexity index is 563. The molecule has 0 bridgehead atoms. The number of rotatable bonds is 1. The summed E-state index contributed by atoms with van der Waals surface area (Å²) in [5, 5.41) is 0. The molecule has 1 aliphatic rings. The smallest absolute Gasteiger partial charge is 0.136 e. The molecule has 1 aromatic heterocycles. The lowest BCUT2D eigenvalue weighted by Crippen LogP contribution is -2.16. The molecule has 0 unspecified atom stereocenters. The van der Waals surface area contributed by atoms with E-state index in [4.69, 9.17) is 5.73 Å². The number of fused-ring (bicyclic) bond motifs is 1. The van der Waals surface area contributed by atoms with Crippen LogP contribution >= 0.6 is 0 Å². The van der Waals surface area contributed by atoms with Crippen molar-refractivity contribution >= 4 is 17.2 Å². The number of nitrogens with zero attached hydrogens (tertiary/aromatic N) is 2. The van der Waals surface area contributed by atoms with Crippen molar-refractivity contribution in [1.82, 2.24) is 4.98 Å². The summed E-state index contributed by atoms with van der Waals surface area (Å²) in [6.07, 6.45) is 2.81. The molecule has 3 heteroatoms. The van der Waals surface area contributed by atoms with Gasteiger partial charge in [0, 0.05) is 12.2 Å². The van der Waals surface area contributed by atoms with Gasteiger partial charge in [-0.25, -0.2) is 4.98 Å². The largest absolute Gasteiger partial charge is 0.397 e. The van der Waals surface area contributed by atoms with Gasteiger partial charge in [-0.15, -0.1) is 0 Å². The zero-order chi connectivity index (χ0) is 11.8. The van der Waals surface area contributed by atoms with E-state index in [0.717, 1.165) is 30.0 Å². The van der Waals surface area contributed by atoms with Crippen LogP contribution in [-0.2, 0) is 6.42 Å². The Morgan fingerprint density at radius 1 is 1.29 bits per heavy atom. The Morgan fingerprint density at radius 2 is 2.12 bits per heavy atom. The lowest BCUT2D eigenvalue weighted by atomic mass is 10.2. The first-order valence-corrected chi connectivity index (χ1v) is 5.83. The maximum atomic E-state index is 5.74. The summed E-state index contributed by atoms with van der Waals surface area (Å²) in [5.74, 6) is 1.02. The zero-order valence-electron chi connectivity index (χ0n) is 9.85. The van der Waals surface area contributed by atoms with Gasteiger partial charge in [0.1, 0.15) is 5.82 Å². The van der Waals surface area contributed by atoms with E-state index in [1.54, 1.807) is 6.20 Å².